The van der Waals surface area contributed by atoms with E-state index in [9.17, 15) is 0 Å². The predicted molar refractivity (Wildman–Crippen MR) is 271 cm³/mol. The van der Waals surface area contributed by atoms with Crippen LogP contribution in [-0.4, -0.2) is 34.5 Å². The summed E-state index contributed by atoms with van der Waals surface area (Å²) in [6, 6.07) is 81.1. The Kier molecular flexibility index (Phi) is 10.0. The maximum Gasteiger partial charge on any atom is 0.166 e. The van der Waals surface area contributed by atoms with Crippen molar-refractivity contribution in [3.05, 3.63) is 237 Å². The lowest BCUT2D eigenvalue weighted by molar-refractivity contribution is 1.06. The topological polar surface area (TPSA) is 82.3 Å². The molecule has 0 N–H and O–H groups in total. The van der Waals surface area contributed by atoms with Gasteiger partial charge in [-0.15, -0.1) is 0 Å². The molecular formula is C60H39N7. The fourth-order valence-electron chi connectivity index (χ4n) is 8.91. The van der Waals surface area contributed by atoms with Gasteiger partial charge >= 0.3 is 0 Å². The van der Waals surface area contributed by atoms with Gasteiger partial charge < -0.3 is 4.57 Å². The maximum atomic E-state index is 5.30. The van der Waals surface area contributed by atoms with Gasteiger partial charge in [0.2, 0.25) is 0 Å². The molecule has 0 fully saturated rings. The molecule has 0 radical (unpaired) electrons. The molecule has 7 heteroatoms. The summed E-state index contributed by atoms with van der Waals surface area (Å²) in [5, 5.41) is 2.31. The van der Waals surface area contributed by atoms with E-state index in [0.717, 1.165) is 83.1 Å². The molecule has 7 nitrogen and oxygen atoms in total. The number of fused-ring (bicyclic) bond motifs is 3. The fraction of sp³-hybridized carbons (Fsp3) is 0. The molecule has 0 aliphatic heterocycles. The number of rotatable bonds is 9. The second kappa shape index (κ2) is 17.1. The van der Waals surface area contributed by atoms with E-state index in [1.807, 2.05) is 97.1 Å². The highest BCUT2D eigenvalue weighted by atomic mass is 15.1. The van der Waals surface area contributed by atoms with Gasteiger partial charge in [0.05, 0.1) is 16.7 Å². The van der Waals surface area contributed by atoms with Gasteiger partial charge in [0.25, 0.3) is 0 Å². The zero-order chi connectivity index (χ0) is 44.5. The third kappa shape index (κ3) is 7.50. The van der Waals surface area contributed by atoms with Crippen molar-refractivity contribution in [3.63, 3.8) is 0 Å². The molecule has 67 heavy (non-hydrogen) atoms. The van der Waals surface area contributed by atoms with Gasteiger partial charge in [-0.2, -0.15) is 0 Å². The highest BCUT2D eigenvalue weighted by Crippen LogP contribution is 2.41. The van der Waals surface area contributed by atoms with Crippen LogP contribution >= 0.6 is 0 Å². The van der Waals surface area contributed by atoms with Crippen molar-refractivity contribution in [2.75, 3.05) is 0 Å². The summed E-state index contributed by atoms with van der Waals surface area (Å²) >= 11 is 0. The van der Waals surface area contributed by atoms with Crippen LogP contribution in [0.25, 0.3) is 118 Å². The van der Waals surface area contributed by atoms with Crippen molar-refractivity contribution in [2.24, 2.45) is 0 Å². The maximum absolute atomic E-state index is 5.30. The molecule has 9 aromatic carbocycles. The van der Waals surface area contributed by atoms with Crippen LogP contribution in [0.4, 0.5) is 0 Å². The number of hydrogen-bond donors (Lipinski definition) is 0. The van der Waals surface area contributed by atoms with Gasteiger partial charge in [-0.25, -0.2) is 29.9 Å². The lowest BCUT2D eigenvalue weighted by atomic mass is 9.99. The molecule has 3 aromatic heterocycles. The molecule has 0 spiro atoms. The van der Waals surface area contributed by atoms with Gasteiger partial charge in [-0.3, -0.25) is 0 Å². The fourth-order valence-corrected chi connectivity index (χ4v) is 8.91. The van der Waals surface area contributed by atoms with Crippen LogP contribution in [0.3, 0.4) is 0 Å². The number of para-hydroxylation sites is 1. The quantitative estimate of drug-likeness (QED) is 0.144. The van der Waals surface area contributed by atoms with Crippen LogP contribution in [0, 0.1) is 0 Å². The molecular weight excluding hydrogens is 819 g/mol. The molecule has 0 aliphatic rings. The van der Waals surface area contributed by atoms with E-state index in [2.05, 4.69) is 144 Å². The zero-order valence-electron chi connectivity index (χ0n) is 36.1. The van der Waals surface area contributed by atoms with Crippen molar-refractivity contribution < 1.29 is 0 Å². The Labute approximate surface area is 387 Å². The standard InChI is InChI=1S/C60H39N7/c1-6-19-40(20-7-1)41-33-35-46(36-34-41)58-61-55(43-23-10-3-11-24-43)63-59(64-58)47-37-38-52(67-51-31-17-16-29-49(51)54-48(30-18-32-53(54)67)42-21-8-2-9-22-42)50(39-47)60-65-56(44-25-12-4-13-26-44)62-57(66-60)45-27-14-5-15-28-45/h1-39H. The van der Waals surface area contributed by atoms with E-state index in [1.165, 1.54) is 0 Å². The van der Waals surface area contributed by atoms with Gasteiger partial charge in [0, 0.05) is 44.2 Å². The molecule has 0 saturated carbocycles. The minimum absolute atomic E-state index is 0.517. The SMILES string of the molecule is c1ccc(-c2ccc(-c3nc(-c4ccccc4)nc(-c4ccc(-n5c6ccccc6c6c(-c7ccccc7)cccc65)c(-c5nc(-c6ccccc6)nc(-c6ccccc6)n5)c4)n3)cc2)cc1. The zero-order valence-corrected chi connectivity index (χ0v) is 36.1. The third-order valence-corrected chi connectivity index (χ3v) is 12.1. The van der Waals surface area contributed by atoms with Crippen molar-refractivity contribution in [1.29, 1.82) is 0 Å². The Hall–Kier alpha value is -9.20. The van der Waals surface area contributed by atoms with Gasteiger partial charge in [0.1, 0.15) is 0 Å². The lowest BCUT2D eigenvalue weighted by Crippen LogP contribution is -2.05. The Bertz CT molecular complexity index is 3650. The molecule has 12 rings (SSSR count). The minimum Gasteiger partial charge on any atom is -0.308 e. The van der Waals surface area contributed by atoms with Crippen molar-refractivity contribution in [3.8, 4) is 96.3 Å². The molecule has 0 saturated heterocycles. The summed E-state index contributed by atoms with van der Waals surface area (Å²) in [5.41, 5.74) is 12.7. The first-order valence-electron chi connectivity index (χ1n) is 22.3. The van der Waals surface area contributed by atoms with E-state index in [-0.39, 0.29) is 0 Å². The van der Waals surface area contributed by atoms with E-state index >= 15 is 0 Å². The molecule has 0 unspecified atom stereocenters. The second-order valence-electron chi connectivity index (χ2n) is 16.3. The first kappa shape index (κ1) is 39.4. The number of hydrogen-bond acceptors (Lipinski definition) is 6. The average Bonchev–Trinajstić information content (AvgIpc) is 3.76. The van der Waals surface area contributed by atoms with E-state index in [0.29, 0.717) is 34.9 Å². The summed E-state index contributed by atoms with van der Waals surface area (Å²) in [6.45, 7) is 0. The Balaban J connectivity index is 1.12. The molecule has 3 heterocycles. The van der Waals surface area contributed by atoms with Crippen LogP contribution in [-0.2, 0) is 0 Å². The van der Waals surface area contributed by atoms with Gasteiger partial charge in [0.15, 0.2) is 34.9 Å². The molecule has 314 valence electrons. The van der Waals surface area contributed by atoms with Gasteiger partial charge in [-0.05, 0) is 52.6 Å². The predicted octanol–water partition coefficient (Wildman–Crippen LogP) is 14.5. The van der Waals surface area contributed by atoms with Crippen LogP contribution in [0.5, 0.6) is 0 Å². The normalized spacial score (nSPS) is 11.3. The van der Waals surface area contributed by atoms with E-state index in [4.69, 9.17) is 29.9 Å². The molecule has 0 bridgehead atoms. The van der Waals surface area contributed by atoms with E-state index < -0.39 is 0 Å². The van der Waals surface area contributed by atoms with Crippen LogP contribution in [0.1, 0.15) is 0 Å². The monoisotopic (exact) mass is 857 g/mol. The minimum atomic E-state index is 0.517. The number of benzene rings is 9. The summed E-state index contributed by atoms with van der Waals surface area (Å²) in [4.78, 5) is 31.2. The summed E-state index contributed by atoms with van der Waals surface area (Å²) in [7, 11) is 0. The highest BCUT2D eigenvalue weighted by molar-refractivity contribution is 6.16. The largest absolute Gasteiger partial charge is 0.308 e. The molecule has 12 aromatic rings. The van der Waals surface area contributed by atoms with Gasteiger partial charge in [-0.1, -0.05) is 206 Å². The number of nitrogens with zero attached hydrogens (tertiary/aromatic N) is 7. The van der Waals surface area contributed by atoms with Crippen molar-refractivity contribution in [1.82, 2.24) is 34.5 Å². The Morgan fingerprint density at radius 3 is 1.15 bits per heavy atom. The first-order valence-corrected chi connectivity index (χ1v) is 22.3. The average molecular weight is 858 g/mol. The second-order valence-corrected chi connectivity index (χ2v) is 16.3. The smallest absolute Gasteiger partial charge is 0.166 e. The summed E-state index contributed by atoms with van der Waals surface area (Å²) < 4.78 is 2.34. The number of aromatic nitrogens is 7. The van der Waals surface area contributed by atoms with E-state index in [1.54, 1.807) is 0 Å². The lowest BCUT2D eigenvalue weighted by Gasteiger charge is -2.16. The summed E-state index contributed by atoms with van der Waals surface area (Å²) in [6.07, 6.45) is 0. The highest BCUT2D eigenvalue weighted by Gasteiger charge is 2.23. The van der Waals surface area contributed by atoms with Crippen molar-refractivity contribution in [2.45, 2.75) is 0 Å². The molecule has 0 atom stereocenters. The van der Waals surface area contributed by atoms with Crippen LogP contribution in [0.2, 0.25) is 0 Å². The first-order chi connectivity index (χ1) is 33.2. The summed E-state index contributed by atoms with van der Waals surface area (Å²) in [5.74, 6) is 3.33. The van der Waals surface area contributed by atoms with Crippen molar-refractivity contribution >= 4 is 21.8 Å². The van der Waals surface area contributed by atoms with Crippen LogP contribution in [0.15, 0.2) is 237 Å². The van der Waals surface area contributed by atoms with Crippen LogP contribution < -0.4 is 0 Å². The third-order valence-electron chi connectivity index (χ3n) is 12.1. The Morgan fingerprint density at radius 2 is 0.612 bits per heavy atom. The molecule has 0 aliphatic carbocycles. The molecule has 0 amide bonds. The Morgan fingerprint density at radius 1 is 0.239 bits per heavy atom.